The zero-order chi connectivity index (χ0) is 32.4. The second-order valence-corrected chi connectivity index (χ2v) is 12.9. The Morgan fingerprint density at radius 2 is 0.958 bits per heavy atom. The summed E-state index contributed by atoms with van der Waals surface area (Å²) in [5.41, 5.74) is 12.4. The van der Waals surface area contributed by atoms with E-state index in [1.807, 2.05) is 66.7 Å². The van der Waals surface area contributed by atoms with E-state index in [1.54, 1.807) is 0 Å². The van der Waals surface area contributed by atoms with Crippen molar-refractivity contribution in [3.05, 3.63) is 136 Å². The molecule has 0 aliphatic carbocycles. The van der Waals surface area contributed by atoms with Gasteiger partial charge in [0.15, 0.2) is 0 Å². The number of halogens is 3. The molecular formula is C39H23Cl3N6. The van der Waals surface area contributed by atoms with Gasteiger partial charge in [-0.25, -0.2) is 15.0 Å². The van der Waals surface area contributed by atoms with Crippen LogP contribution in [0.15, 0.2) is 121 Å². The summed E-state index contributed by atoms with van der Waals surface area (Å²) in [5.74, 6) is 2.30. The van der Waals surface area contributed by atoms with E-state index in [1.165, 1.54) is 0 Å². The van der Waals surface area contributed by atoms with Gasteiger partial charge in [0, 0.05) is 26.7 Å². The topological polar surface area (TPSA) is 86.0 Å². The molecule has 0 amide bonds. The minimum atomic E-state index is 0.608. The number of rotatable bonds is 5. The number of nitrogens with zero attached hydrogens (tertiary/aromatic N) is 3. The Balaban J connectivity index is 0.976. The first-order valence-electron chi connectivity index (χ1n) is 15.3. The predicted molar refractivity (Wildman–Crippen MR) is 198 cm³/mol. The van der Waals surface area contributed by atoms with Crippen molar-refractivity contribution in [1.29, 1.82) is 0 Å². The van der Waals surface area contributed by atoms with Crippen molar-refractivity contribution in [1.82, 2.24) is 29.9 Å². The molecular weight excluding hydrogens is 659 g/mol. The predicted octanol–water partition coefficient (Wildman–Crippen LogP) is 11.6. The Kier molecular flexibility index (Phi) is 6.83. The molecule has 0 saturated carbocycles. The minimum absolute atomic E-state index is 0.608. The van der Waals surface area contributed by atoms with Crippen LogP contribution in [0.1, 0.15) is 0 Å². The zero-order valence-electron chi connectivity index (χ0n) is 25.0. The third-order valence-corrected chi connectivity index (χ3v) is 9.34. The van der Waals surface area contributed by atoms with Crippen molar-refractivity contribution in [2.75, 3.05) is 0 Å². The van der Waals surface area contributed by atoms with E-state index >= 15 is 0 Å². The molecule has 230 valence electrons. The molecule has 6 nitrogen and oxygen atoms in total. The fourth-order valence-electron chi connectivity index (χ4n) is 6.10. The van der Waals surface area contributed by atoms with Crippen LogP contribution in [-0.4, -0.2) is 29.9 Å². The first-order valence-corrected chi connectivity index (χ1v) is 16.4. The van der Waals surface area contributed by atoms with Gasteiger partial charge in [0.1, 0.15) is 17.5 Å². The minimum Gasteiger partial charge on any atom is -0.338 e. The number of nitrogens with one attached hydrogen (secondary N) is 3. The van der Waals surface area contributed by atoms with Crippen LogP contribution in [0.3, 0.4) is 0 Å². The highest BCUT2D eigenvalue weighted by atomic mass is 35.5. The van der Waals surface area contributed by atoms with E-state index in [0.29, 0.717) is 20.9 Å². The van der Waals surface area contributed by atoms with Gasteiger partial charge in [0.25, 0.3) is 0 Å². The van der Waals surface area contributed by atoms with Gasteiger partial charge < -0.3 is 15.0 Å². The Labute approximate surface area is 289 Å². The molecule has 0 aliphatic heterocycles. The third kappa shape index (κ3) is 5.20. The van der Waals surface area contributed by atoms with Crippen LogP contribution in [0.2, 0.25) is 15.1 Å². The number of aromatic amines is 3. The van der Waals surface area contributed by atoms with Gasteiger partial charge in [0.05, 0.1) is 38.1 Å². The fraction of sp³-hybridized carbons (Fsp3) is 0. The maximum Gasteiger partial charge on any atom is 0.139 e. The summed E-state index contributed by atoms with van der Waals surface area (Å²) in [7, 11) is 0. The lowest BCUT2D eigenvalue weighted by molar-refractivity contribution is 1.33. The third-order valence-electron chi connectivity index (χ3n) is 8.56. The Hall–Kier alpha value is -5.40. The highest BCUT2D eigenvalue weighted by Gasteiger charge is 2.14. The number of fused-ring (bicyclic) bond motifs is 3. The zero-order valence-corrected chi connectivity index (χ0v) is 27.3. The normalized spacial score (nSPS) is 11.6. The van der Waals surface area contributed by atoms with E-state index in [9.17, 15) is 0 Å². The van der Waals surface area contributed by atoms with Crippen molar-refractivity contribution in [2.45, 2.75) is 0 Å². The molecule has 9 heteroatoms. The Morgan fingerprint density at radius 1 is 0.375 bits per heavy atom. The molecule has 0 unspecified atom stereocenters. The van der Waals surface area contributed by atoms with Gasteiger partial charge in [-0.2, -0.15) is 0 Å². The molecule has 9 rings (SSSR count). The SMILES string of the molecule is Clc1cccc(-c2nc3cc(-c4ccc(-c5nc6ccc(-c7ccc(-c8nc9ccc(Cl)cc9[nH]8)cc7)cc6[nH]5)c(Cl)c4)ccc3[nH]2)c1. The van der Waals surface area contributed by atoms with Crippen LogP contribution in [0.5, 0.6) is 0 Å². The number of hydrogen-bond acceptors (Lipinski definition) is 3. The fourth-order valence-corrected chi connectivity index (χ4v) is 6.73. The number of aromatic nitrogens is 6. The molecule has 0 atom stereocenters. The first-order chi connectivity index (χ1) is 23.4. The monoisotopic (exact) mass is 680 g/mol. The second kappa shape index (κ2) is 11.4. The maximum atomic E-state index is 6.88. The highest BCUT2D eigenvalue weighted by Crippen LogP contribution is 2.35. The summed E-state index contributed by atoms with van der Waals surface area (Å²) in [6.45, 7) is 0. The summed E-state index contributed by atoms with van der Waals surface area (Å²) in [4.78, 5) is 24.6. The first kappa shape index (κ1) is 28.8. The van der Waals surface area contributed by atoms with E-state index in [4.69, 9.17) is 49.8 Å². The number of H-pyrrole nitrogens is 3. The van der Waals surface area contributed by atoms with Crippen LogP contribution in [0.4, 0.5) is 0 Å². The molecule has 3 heterocycles. The summed E-state index contributed by atoms with van der Waals surface area (Å²) in [6, 6.07) is 40.1. The largest absolute Gasteiger partial charge is 0.338 e. The van der Waals surface area contributed by atoms with Gasteiger partial charge in [-0.3, -0.25) is 0 Å². The van der Waals surface area contributed by atoms with Gasteiger partial charge in [-0.1, -0.05) is 89.4 Å². The smallest absolute Gasteiger partial charge is 0.139 e. The standard InChI is InChI=1S/C39H23Cl3N6/c40-27-3-1-2-26(16-27)38-44-31-14-10-25(19-34(31)46-38)23-8-12-29(30(42)17-23)39-45-32-13-9-24(18-35(32)48-39)21-4-6-22(7-5-21)37-43-33-15-11-28(41)20-36(33)47-37/h1-20H,(H,43,47)(H,44,46)(H,45,48). The molecule has 3 aromatic heterocycles. The van der Waals surface area contributed by atoms with Crippen molar-refractivity contribution in [3.63, 3.8) is 0 Å². The molecule has 9 aromatic rings. The summed E-state index contributed by atoms with van der Waals surface area (Å²) in [5, 5.41) is 1.96. The van der Waals surface area contributed by atoms with Gasteiger partial charge in [-0.05, 0) is 89.0 Å². The number of imidazole rings is 3. The lowest BCUT2D eigenvalue weighted by atomic mass is 10.0. The van der Waals surface area contributed by atoms with Crippen molar-refractivity contribution in [3.8, 4) is 56.4 Å². The molecule has 0 radical (unpaired) electrons. The molecule has 6 aromatic carbocycles. The van der Waals surface area contributed by atoms with Crippen LogP contribution < -0.4 is 0 Å². The van der Waals surface area contributed by atoms with E-state index in [2.05, 4.69) is 69.5 Å². The molecule has 0 fully saturated rings. The quantitative estimate of drug-likeness (QED) is 0.169. The molecule has 0 bridgehead atoms. The maximum absolute atomic E-state index is 6.88. The lowest BCUT2D eigenvalue weighted by Gasteiger charge is -2.06. The number of hydrogen-bond donors (Lipinski definition) is 3. The van der Waals surface area contributed by atoms with Gasteiger partial charge >= 0.3 is 0 Å². The Morgan fingerprint density at radius 3 is 1.79 bits per heavy atom. The summed E-state index contributed by atoms with van der Waals surface area (Å²) >= 11 is 19.2. The second-order valence-electron chi connectivity index (χ2n) is 11.7. The van der Waals surface area contributed by atoms with Crippen LogP contribution in [0, 0.1) is 0 Å². The Bertz CT molecular complexity index is 2670. The van der Waals surface area contributed by atoms with Crippen LogP contribution in [-0.2, 0) is 0 Å². The molecule has 0 saturated heterocycles. The van der Waals surface area contributed by atoms with E-state index in [-0.39, 0.29) is 0 Å². The summed E-state index contributed by atoms with van der Waals surface area (Å²) < 4.78 is 0. The molecule has 0 spiro atoms. The number of benzene rings is 6. The van der Waals surface area contributed by atoms with Crippen molar-refractivity contribution >= 4 is 67.9 Å². The van der Waals surface area contributed by atoms with Crippen molar-refractivity contribution in [2.24, 2.45) is 0 Å². The van der Waals surface area contributed by atoms with Gasteiger partial charge in [0.2, 0.25) is 0 Å². The molecule has 3 N–H and O–H groups in total. The van der Waals surface area contributed by atoms with Crippen molar-refractivity contribution < 1.29 is 0 Å². The summed E-state index contributed by atoms with van der Waals surface area (Å²) in [6.07, 6.45) is 0. The molecule has 48 heavy (non-hydrogen) atoms. The highest BCUT2D eigenvalue weighted by molar-refractivity contribution is 6.33. The van der Waals surface area contributed by atoms with E-state index < -0.39 is 0 Å². The van der Waals surface area contributed by atoms with Crippen LogP contribution >= 0.6 is 34.8 Å². The van der Waals surface area contributed by atoms with Gasteiger partial charge in [-0.15, -0.1) is 0 Å². The average molecular weight is 682 g/mol. The van der Waals surface area contributed by atoms with Crippen LogP contribution in [0.25, 0.3) is 89.5 Å². The average Bonchev–Trinajstić information content (AvgIpc) is 3.84. The van der Waals surface area contributed by atoms with E-state index in [0.717, 1.165) is 83.7 Å². The molecule has 0 aliphatic rings. The lowest BCUT2D eigenvalue weighted by Crippen LogP contribution is -1.85.